The smallest absolute Gasteiger partial charge is 0.261 e. The quantitative estimate of drug-likeness (QED) is 0.873. The molecule has 1 saturated carbocycles. The number of fused-ring (bicyclic) bond motifs is 2. The van der Waals surface area contributed by atoms with Gasteiger partial charge in [-0.3, -0.25) is 9.52 Å². The molecule has 27 heavy (non-hydrogen) atoms. The second kappa shape index (κ2) is 5.88. The van der Waals surface area contributed by atoms with E-state index in [0.29, 0.717) is 30.2 Å². The van der Waals surface area contributed by atoms with Crippen LogP contribution < -0.4 is 19.1 Å². The number of hydrogen-bond donors (Lipinski definition) is 1. The zero-order valence-electron chi connectivity index (χ0n) is 14.5. The largest absolute Gasteiger partial charge is 0.454 e. The van der Waals surface area contributed by atoms with Crippen molar-refractivity contribution in [3.05, 3.63) is 42.0 Å². The third-order valence-electron chi connectivity index (χ3n) is 5.07. The number of nitrogens with zero attached hydrogens (tertiary/aromatic N) is 1. The van der Waals surface area contributed by atoms with Crippen molar-refractivity contribution in [2.24, 2.45) is 5.92 Å². The van der Waals surface area contributed by atoms with Crippen LogP contribution in [0.25, 0.3) is 0 Å². The van der Waals surface area contributed by atoms with Crippen LogP contribution in [0.15, 0.2) is 41.3 Å². The van der Waals surface area contributed by atoms with Gasteiger partial charge in [0.2, 0.25) is 12.7 Å². The Morgan fingerprint density at radius 1 is 1.07 bits per heavy atom. The molecule has 0 unspecified atom stereocenters. The van der Waals surface area contributed by atoms with Crippen LogP contribution in [0.5, 0.6) is 11.5 Å². The van der Waals surface area contributed by atoms with Gasteiger partial charge < -0.3 is 14.4 Å². The minimum atomic E-state index is -3.74. The molecule has 1 amide bonds. The Balaban J connectivity index is 1.40. The predicted octanol–water partition coefficient (Wildman–Crippen LogP) is 2.52. The number of anilines is 2. The number of nitrogens with one attached hydrogen (secondary N) is 1. The van der Waals surface area contributed by atoms with E-state index in [1.165, 1.54) is 0 Å². The Kier molecular flexibility index (Phi) is 3.58. The molecule has 1 fully saturated rings. The first kappa shape index (κ1) is 16.4. The number of carbonyl (C=O) groups is 1. The van der Waals surface area contributed by atoms with E-state index in [-0.39, 0.29) is 23.5 Å². The van der Waals surface area contributed by atoms with Gasteiger partial charge in [0.25, 0.3) is 10.0 Å². The fourth-order valence-electron chi connectivity index (χ4n) is 3.50. The zero-order chi connectivity index (χ0) is 18.6. The van der Waals surface area contributed by atoms with Crippen LogP contribution in [0.2, 0.25) is 0 Å². The minimum Gasteiger partial charge on any atom is -0.454 e. The summed E-state index contributed by atoms with van der Waals surface area (Å²) in [6.07, 6.45) is 2.58. The van der Waals surface area contributed by atoms with Gasteiger partial charge in [-0.15, -0.1) is 0 Å². The van der Waals surface area contributed by atoms with Crippen LogP contribution in [0.3, 0.4) is 0 Å². The summed E-state index contributed by atoms with van der Waals surface area (Å²) >= 11 is 0. The number of benzene rings is 2. The van der Waals surface area contributed by atoms with E-state index < -0.39 is 10.0 Å². The van der Waals surface area contributed by atoms with Crippen LogP contribution in [-0.4, -0.2) is 27.7 Å². The highest BCUT2D eigenvalue weighted by molar-refractivity contribution is 7.92. The predicted molar refractivity (Wildman–Crippen MR) is 98.6 cm³/mol. The van der Waals surface area contributed by atoms with Crippen molar-refractivity contribution in [2.75, 3.05) is 23.0 Å². The Bertz CT molecular complexity index is 1050. The van der Waals surface area contributed by atoms with E-state index in [9.17, 15) is 13.2 Å². The van der Waals surface area contributed by atoms with Gasteiger partial charge in [0.1, 0.15) is 0 Å². The van der Waals surface area contributed by atoms with Gasteiger partial charge >= 0.3 is 0 Å². The van der Waals surface area contributed by atoms with Crippen LogP contribution in [0, 0.1) is 5.92 Å². The van der Waals surface area contributed by atoms with Crippen molar-refractivity contribution in [1.29, 1.82) is 0 Å². The van der Waals surface area contributed by atoms with E-state index in [4.69, 9.17) is 9.47 Å². The van der Waals surface area contributed by atoms with Gasteiger partial charge in [-0.1, -0.05) is 0 Å². The Hall–Kier alpha value is -2.74. The maximum Gasteiger partial charge on any atom is 0.261 e. The van der Waals surface area contributed by atoms with Gasteiger partial charge in [-0.05, 0) is 55.2 Å². The van der Waals surface area contributed by atoms with E-state index in [2.05, 4.69) is 4.72 Å². The molecule has 0 saturated heterocycles. The van der Waals surface area contributed by atoms with Crippen molar-refractivity contribution >= 4 is 27.3 Å². The topological polar surface area (TPSA) is 84.9 Å². The SMILES string of the molecule is O=C(C1CC1)N1CCc2cc(S(=O)(=O)Nc3ccc4c(c3)OCO4)ccc21. The average Bonchev–Trinajstić information content (AvgIpc) is 3.25. The highest BCUT2D eigenvalue weighted by Crippen LogP contribution is 2.38. The van der Waals surface area contributed by atoms with Crippen LogP contribution in [-0.2, 0) is 21.2 Å². The van der Waals surface area contributed by atoms with E-state index >= 15 is 0 Å². The summed E-state index contributed by atoms with van der Waals surface area (Å²) in [6, 6.07) is 9.84. The molecule has 1 N–H and O–H groups in total. The van der Waals surface area contributed by atoms with Crippen LogP contribution >= 0.6 is 0 Å². The normalized spacial score (nSPS) is 17.7. The number of amides is 1. The lowest BCUT2D eigenvalue weighted by molar-refractivity contribution is -0.119. The summed E-state index contributed by atoms with van der Waals surface area (Å²) in [5, 5.41) is 0. The average molecular weight is 386 g/mol. The maximum absolute atomic E-state index is 12.8. The third kappa shape index (κ3) is 2.90. The summed E-state index contributed by atoms with van der Waals surface area (Å²) in [5.74, 6) is 1.41. The number of rotatable bonds is 4. The van der Waals surface area contributed by atoms with Crippen LogP contribution in [0.4, 0.5) is 11.4 Å². The number of carbonyl (C=O) groups excluding carboxylic acids is 1. The molecular formula is C19H18N2O5S. The molecule has 1 aliphatic carbocycles. The minimum absolute atomic E-state index is 0.131. The highest BCUT2D eigenvalue weighted by atomic mass is 32.2. The molecule has 3 aliphatic rings. The number of hydrogen-bond acceptors (Lipinski definition) is 5. The van der Waals surface area contributed by atoms with E-state index in [1.807, 2.05) is 0 Å². The Morgan fingerprint density at radius 3 is 2.70 bits per heavy atom. The molecule has 140 valence electrons. The van der Waals surface area contributed by atoms with Crippen molar-refractivity contribution in [2.45, 2.75) is 24.2 Å². The molecule has 2 heterocycles. The molecule has 2 aliphatic heterocycles. The second-order valence-corrected chi connectivity index (χ2v) is 8.66. The molecule has 2 aromatic carbocycles. The molecule has 7 nitrogen and oxygen atoms in total. The molecule has 0 radical (unpaired) electrons. The number of ether oxygens (including phenoxy) is 2. The lowest BCUT2D eigenvalue weighted by atomic mass is 10.2. The Morgan fingerprint density at radius 2 is 1.89 bits per heavy atom. The van der Waals surface area contributed by atoms with Crippen molar-refractivity contribution in [3.8, 4) is 11.5 Å². The lowest BCUT2D eigenvalue weighted by Gasteiger charge is -2.17. The van der Waals surface area contributed by atoms with Gasteiger partial charge in [0, 0.05) is 24.2 Å². The van der Waals surface area contributed by atoms with Crippen molar-refractivity contribution in [1.82, 2.24) is 0 Å². The fourth-order valence-corrected chi connectivity index (χ4v) is 4.60. The summed E-state index contributed by atoms with van der Waals surface area (Å²) < 4.78 is 38.6. The summed E-state index contributed by atoms with van der Waals surface area (Å²) in [6.45, 7) is 0.746. The van der Waals surface area contributed by atoms with Gasteiger partial charge in [-0.2, -0.15) is 0 Å². The molecule has 0 atom stereocenters. The molecule has 0 bridgehead atoms. The highest BCUT2D eigenvalue weighted by Gasteiger charge is 2.36. The lowest BCUT2D eigenvalue weighted by Crippen LogP contribution is -2.30. The second-order valence-electron chi connectivity index (χ2n) is 6.98. The van der Waals surface area contributed by atoms with Gasteiger partial charge in [0.05, 0.1) is 10.6 Å². The van der Waals surface area contributed by atoms with Gasteiger partial charge in [0.15, 0.2) is 11.5 Å². The maximum atomic E-state index is 12.8. The monoisotopic (exact) mass is 386 g/mol. The van der Waals surface area contributed by atoms with Crippen molar-refractivity contribution < 1.29 is 22.7 Å². The summed E-state index contributed by atoms with van der Waals surface area (Å²) in [4.78, 5) is 14.3. The Labute approximate surface area is 156 Å². The first-order valence-corrected chi connectivity index (χ1v) is 10.4. The number of sulfonamides is 1. The summed E-state index contributed by atoms with van der Waals surface area (Å²) in [7, 11) is -3.74. The standard InChI is InChI=1S/C19H18N2O5S/c22-19(12-1-2-12)21-8-7-13-9-15(4-5-16(13)21)27(23,24)20-14-3-6-17-18(10-14)26-11-25-17/h3-6,9-10,12,20H,1-2,7-8,11H2. The molecule has 0 aromatic heterocycles. The fraction of sp³-hybridized carbons (Fsp3) is 0.316. The molecule has 8 heteroatoms. The molecule has 2 aromatic rings. The zero-order valence-corrected chi connectivity index (χ0v) is 15.3. The summed E-state index contributed by atoms with van der Waals surface area (Å²) in [5.41, 5.74) is 2.12. The third-order valence-corrected chi connectivity index (χ3v) is 6.45. The van der Waals surface area contributed by atoms with Gasteiger partial charge in [-0.25, -0.2) is 8.42 Å². The first-order valence-electron chi connectivity index (χ1n) is 8.88. The van der Waals surface area contributed by atoms with E-state index in [0.717, 1.165) is 24.1 Å². The van der Waals surface area contributed by atoms with E-state index in [1.54, 1.807) is 41.3 Å². The molecule has 5 rings (SSSR count). The van der Waals surface area contributed by atoms with Crippen molar-refractivity contribution in [3.63, 3.8) is 0 Å². The first-order chi connectivity index (χ1) is 13.0. The molecule has 0 spiro atoms. The molecular weight excluding hydrogens is 368 g/mol. The van der Waals surface area contributed by atoms with Crippen LogP contribution in [0.1, 0.15) is 18.4 Å².